The first-order chi connectivity index (χ1) is 10.1. The highest BCUT2D eigenvalue weighted by Gasteiger charge is 2.65. The summed E-state index contributed by atoms with van der Waals surface area (Å²) in [6.45, 7) is 14.0. The highest BCUT2D eigenvalue weighted by atomic mass is 31.2. The van der Waals surface area contributed by atoms with Crippen molar-refractivity contribution in [3.05, 3.63) is 11.4 Å². The van der Waals surface area contributed by atoms with Crippen LogP contribution in [0, 0.1) is 6.57 Å². The molecule has 21 heavy (non-hydrogen) atoms. The molecule has 2 aliphatic rings. The van der Waals surface area contributed by atoms with Crippen LogP contribution < -0.4 is 0 Å². The Morgan fingerprint density at radius 1 is 1.43 bits per heavy atom. The van der Waals surface area contributed by atoms with E-state index in [2.05, 4.69) is 11.8 Å². The summed E-state index contributed by atoms with van der Waals surface area (Å²) in [5.41, 5.74) is -0.458. The second-order valence-corrected chi connectivity index (χ2v) is 6.71. The first kappa shape index (κ1) is 17.1. The first-order valence-corrected chi connectivity index (χ1v) is 8.90. The highest BCUT2D eigenvalue weighted by Crippen LogP contribution is 2.52. The lowest BCUT2D eigenvalue weighted by Gasteiger charge is -2.36. The van der Waals surface area contributed by atoms with E-state index in [1.165, 1.54) is 0 Å². The van der Waals surface area contributed by atoms with E-state index in [0.29, 0.717) is 19.8 Å². The fourth-order valence-corrected chi connectivity index (χ4v) is 4.17. The van der Waals surface area contributed by atoms with Gasteiger partial charge >= 0.3 is 0 Å². The van der Waals surface area contributed by atoms with Gasteiger partial charge in [-0.2, -0.15) is 0 Å². The van der Waals surface area contributed by atoms with E-state index < -0.39 is 14.0 Å². The Bertz CT molecular complexity index is 390. The minimum absolute atomic E-state index is 0.00898. The van der Waals surface area contributed by atoms with Gasteiger partial charge in [0, 0.05) is 13.8 Å². The van der Waals surface area contributed by atoms with Crippen LogP contribution >= 0.6 is 8.38 Å². The molecule has 2 rings (SSSR count). The average Bonchev–Trinajstić information content (AvgIpc) is 2.88. The third-order valence-electron chi connectivity index (χ3n) is 4.12. The van der Waals surface area contributed by atoms with Crippen LogP contribution in [0.4, 0.5) is 0 Å². The molecule has 7 heteroatoms. The summed E-state index contributed by atoms with van der Waals surface area (Å²) in [6, 6.07) is 0. The quantitative estimate of drug-likeness (QED) is 0.390. The molecule has 120 valence electrons. The molecule has 0 radical (unpaired) electrons. The summed E-state index contributed by atoms with van der Waals surface area (Å²) in [7, 11) is 0.619. The van der Waals surface area contributed by atoms with Crippen LogP contribution in [0.1, 0.15) is 20.3 Å². The van der Waals surface area contributed by atoms with Crippen LogP contribution in [-0.4, -0.2) is 63.6 Å². The van der Waals surface area contributed by atoms with E-state index in [0.717, 1.165) is 6.42 Å². The highest BCUT2D eigenvalue weighted by molar-refractivity contribution is 7.46. The third-order valence-corrected chi connectivity index (χ3v) is 5.19. The van der Waals surface area contributed by atoms with Gasteiger partial charge in [0.2, 0.25) is 6.54 Å². The second kappa shape index (κ2) is 7.32. The van der Waals surface area contributed by atoms with Crippen LogP contribution in [-0.2, 0) is 23.3 Å². The molecule has 2 bridgehead atoms. The molecule has 0 spiro atoms. The summed E-state index contributed by atoms with van der Waals surface area (Å²) in [4.78, 5) is 3.27. The maximum Gasteiger partial charge on any atom is 0.238 e. The maximum atomic E-state index is 6.76. The predicted octanol–water partition coefficient (Wildman–Crippen LogP) is 2.23. The topological polar surface area (TPSA) is 50.5 Å². The molecule has 2 aliphatic heterocycles. The van der Waals surface area contributed by atoms with Gasteiger partial charge < -0.3 is 28.1 Å². The lowest BCUT2D eigenvalue weighted by molar-refractivity contribution is -0.194. The molecule has 0 aromatic rings. The van der Waals surface area contributed by atoms with Gasteiger partial charge in [-0.25, -0.2) is 6.57 Å². The first-order valence-electron chi connectivity index (χ1n) is 7.28. The fraction of sp³-hybridized carbons (Fsp3) is 0.929. The van der Waals surface area contributed by atoms with E-state index in [4.69, 9.17) is 29.8 Å². The van der Waals surface area contributed by atoms with E-state index in [-0.39, 0.29) is 24.4 Å². The molecular weight excluding hydrogens is 293 g/mol. The predicted molar refractivity (Wildman–Crippen MR) is 79.2 cm³/mol. The number of ether oxygens (including phenoxy) is 3. The van der Waals surface area contributed by atoms with E-state index >= 15 is 0 Å². The van der Waals surface area contributed by atoms with Gasteiger partial charge in [0.25, 0.3) is 0 Å². The van der Waals surface area contributed by atoms with Crippen molar-refractivity contribution in [2.24, 2.45) is 0 Å². The van der Waals surface area contributed by atoms with Crippen molar-refractivity contribution in [3.63, 3.8) is 0 Å². The van der Waals surface area contributed by atoms with Gasteiger partial charge in [-0.3, -0.25) is 0 Å². The number of hydrogen-bond donors (Lipinski definition) is 0. The monoisotopic (exact) mass is 317 g/mol. The number of methoxy groups -OCH3 is 1. The summed E-state index contributed by atoms with van der Waals surface area (Å²) in [5.74, 6) is 0. The Morgan fingerprint density at radius 2 is 2.19 bits per heavy atom. The smallest absolute Gasteiger partial charge is 0.238 e. The van der Waals surface area contributed by atoms with Gasteiger partial charge in [-0.05, 0) is 13.3 Å². The number of hydrogen-bond acceptors (Lipinski definition) is 5. The molecular formula is C14H24NO5P. The Hall–Kier alpha value is -0.280. The Labute approximate surface area is 127 Å². The van der Waals surface area contributed by atoms with Gasteiger partial charge in [-0.1, -0.05) is 6.92 Å². The lowest BCUT2D eigenvalue weighted by atomic mass is 9.90. The number of nitrogens with zero attached hydrogens (tertiary/aromatic N) is 1. The molecule has 6 nitrogen and oxygen atoms in total. The van der Waals surface area contributed by atoms with Crippen molar-refractivity contribution in [2.45, 2.75) is 50.3 Å². The van der Waals surface area contributed by atoms with Crippen LogP contribution in [0.5, 0.6) is 0 Å². The van der Waals surface area contributed by atoms with E-state index in [1.54, 1.807) is 7.11 Å². The van der Waals surface area contributed by atoms with Crippen LogP contribution in [0.15, 0.2) is 0 Å². The minimum Gasteiger partial charge on any atom is -0.382 e. The van der Waals surface area contributed by atoms with Crippen molar-refractivity contribution in [3.8, 4) is 0 Å². The van der Waals surface area contributed by atoms with Crippen molar-refractivity contribution < 1.29 is 23.3 Å². The molecule has 0 saturated carbocycles. The average molecular weight is 317 g/mol. The van der Waals surface area contributed by atoms with Gasteiger partial charge in [0.1, 0.15) is 30.5 Å². The number of fused-ring (bicyclic) bond motifs is 2. The SMILES string of the molecule is [C-]#[N+]CCOP(C)O[C@H]1[C@H]2O[C@H](COC)[C@]1(CC)O[C@H]2C. The molecule has 0 aromatic carbocycles. The van der Waals surface area contributed by atoms with Gasteiger partial charge in [-0.15, -0.1) is 0 Å². The van der Waals surface area contributed by atoms with Crippen molar-refractivity contribution in [1.29, 1.82) is 0 Å². The largest absolute Gasteiger partial charge is 0.382 e. The third kappa shape index (κ3) is 3.24. The molecule has 1 unspecified atom stereocenters. The second-order valence-electron chi connectivity index (χ2n) is 5.36. The number of rotatable bonds is 8. The van der Waals surface area contributed by atoms with Crippen molar-refractivity contribution in [2.75, 3.05) is 33.5 Å². The molecule has 2 heterocycles. The van der Waals surface area contributed by atoms with Crippen LogP contribution in [0.25, 0.3) is 4.85 Å². The molecule has 0 aliphatic carbocycles. The summed E-state index contributed by atoms with van der Waals surface area (Å²) >= 11 is 0. The molecule has 0 N–H and O–H groups in total. The zero-order valence-electron chi connectivity index (χ0n) is 13.1. The summed E-state index contributed by atoms with van der Waals surface area (Å²) in [5, 5.41) is 0. The lowest BCUT2D eigenvalue weighted by Crippen LogP contribution is -2.49. The maximum absolute atomic E-state index is 6.76. The summed E-state index contributed by atoms with van der Waals surface area (Å²) in [6.07, 6.45) is 0.485. The molecule has 0 aromatic heterocycles. The molecule has 2 saturated heterocycles. The normalized spacial score (nSPS) is 39.4. The fourth-order valence-electron chi connectivity index (χ4n) is 3.15. The van der Waals surface area contributed by atoms with Crippen LogP contribution in [0.2, 0.25) is 0 Å². The standard InChI is InChI=1S/C14H24NO5P/c1-6-14-11(9-16-4)18-12(10(2)19-14)13(14)20-21(5)17-8-7-15-3/h10-13H,6-9H2,1-2,4-5H3/t10-,11+,12-,13-,14-,21?/m0/s1. The molecule has 6 atom stereocenters. The zero-order chi connectivity index (χ0) is 15.5. The van der Waals surface area contributed by atoms with Crippen molar-refractivity contribution in [1.82, 2.24) is 0 Å². The van der Waals surface area contributed by atoms with E-state index in [1.807, 2.05) is 13.6 Å². The Kier molecular flexibility index (Phi) is 5.96. The molecule has 0 amide bonds. The van der Waals surface area contributed by atoms with E-state index in [9.17, 15) is 0 Å². The molecule has 2 fully saturated rings. The Morgan fingerprint density at radius 3 is 2.81 bits per heavy atom. The zero-order valence-corrected chi connectivity index (χ0v) is 14.0. The van der Waals surface area contributed by atoms with Crippen molar-refractivity contribution >= 4 is 8.38 Å². The van der Waals surface area contributed by atoms with Gasteiger partial charge in [0.15, 0.2) is 8.38 Å². The van der Waals surface area contributed by atoms with Gasteiger partial charge in [0.05, 0.1) is 12.7 Å². The summed E-state index contributed by atoms with van der Waals surface area (Å²) < 4.78 is 29.2. The minimum atomic E-state index is -1.05. The Balaban J connectivity index is 2.02. The van der Waals surface area contributed by atoms with Crippen LogP contribution in [0.3, 0.4) is 0 Å².